The number of carboxylic acid groups (broad SMARTS) is 1. The van der Waals surface area contributed by atoms with Gasteiger partial charge in [-0.3, -0.25) is 19.3 Å². The molecule has 4 rings (SSSR count). The predicted molar refractivity (Wildman–Crippen MR) is 110 cm³/mol. The first-order valence-electron chi connectivity index (χ1n) is 9.65. The molecule has 1 aliphatic carbocycles. The van der Waals surface area contributed by atoms with Gasteiger partial charge in [0.05, 0.1) is 23.1 Å². The number of hydrogen-bond donors (Lipinski definition) is 2. The lowest BCUT2D eigenvalue weighted by Crippen LogP contribution is -2.31. The van der Waals surface area contributed by atoms with Gasteiger partial charge in [-0.1, -0.05) is 24.3 Å². The molecule has 1 saturated heterocycles. The lowest BCUT2D eigenvalue weighted by molar-refractivity contribution is -0.122. The van der Waals surface area contributed by atoms with E-state index in [1.807, 2.05) is 12.2 Å². The lowest BCUT2D eigenvalue weighted by Gasteiger charge is -2.16. The van der Waals surface area contributed by atoms with Crippen molar-refractivity contribution in [3.63, 3.8) is 0 Å². The van der Waals surface area contributed by atoms with Gasteiger partial charge >= 0.3 is 5.97 Å². The lowest BCUT2D eigenvalue weighted by atomic mass is 9.85. The Hall–Kier alpha value is -3.74. The quantitative estimate of drug-likeness (QED) is 0.600. The molecule has 152 valence electrons. The Bertz CT molecular complexity index is 1080. The zero-order valence-corrected chi connectivity index (χ0v) is 16.3. The number of carbonyl (C=O) groups excluding carboxylic acids is 3. The number of hydrogen-bond acceptors (Lipinski definition) is 4. The van der Waals surface area contributed by atoms with E-state index in [0.29, 0.717) is 29.8 Å². The van der Waals surface area contributed by atoms with Gasteiger partial charge in [0.25, 0.3) is 5.91 Å². The van der Waals surface area contributed by atoms with E-state index in [4.69, 9.17) is 5.11 Å². The van der Waals surface area contributed by atoms with Gasteiger partial charge in [-0.05, 0) is 55.7 Å². The van der Waals surface area contributed by atoms with Gasteiger partial charge in [0, 0.05) is 11.3 Å². The molecule has 0 unspecified atom stereocenters. The summed E-state index contributed by atoms with van der Waals surface area (Å²) < 4.78 is 0. The van der Waals surface area contributed by atoms with E-state index in [-0.39, 0.29) is 34.8 Å². The van der Waals surface area contributed by atoms with Crippen LogP contribution in [-0.2, 0) is 9.59 Å². The minimum Gasteiger partial charge on any atom is -0.478 e. The SMILES string of the molecule is Cc1ccc(C(=O)O)cc1NC(=O)c1cccc(N2C(=O)[C@H]3CC=CC[C@@H]3C2=O)c1. The van der Waals surface area contributed by atoms with Crippen LogP contribution in [0.5, 0.6) is 0 Å². The highest BCUT2D eigenvalue weighted by Crippen LogP contribution is 2.37. The van der Waals surface area contributed by atoms with Crippen LogP contribution < -0.4 is 10.2 Å². The molecule has 2 N–H and O–H groups in total. The molecule has 1 heterocycles. The molecule has 0 aromatic heterocycles. The molecule has 30 heavy (non-hydrogen) atoms. The second-order valence-corrected chi connectivity index (χ2v) is 7.51. The molecule has 3 amide bonds. The van der Waals surface area contributed by atoms with E-state index in [1.54, 1.807) is 31.2 Å². The smallest absolute Gasteiger partial charge is 0.335 e. The molecule has 0 saturated carbocycles. The fourth-order valence-corrected chi connectivity index (χ4v) is 3.93. The molecular weight excluding hydrogens is 384 g/mol. The Labute approximate surface area is 173 Å². The number of amides is 3. The summed E-state index contributed by atoms with van der Waals surface area (Å²) in [5.74, 6) is -2.72. The molecule has 0 radical (unpaired) electrons. The van der Waals surface area contributed by atoms with Crippen molar-refractivity contribution < 1.29 is 24.3 Å². The zero-order chi connectivity index (χ0) is 21.4. The van der Waals surface area contributed by atoms with Crippen LogP contribution in [0.4, 0.5) is 11.4 Å². The molecule has 2 aromatic carbocycles. The number of nitrogens with zero attached hydrogens (tertiary/aromatic N) is 1. The van der Waals surface area contributed by atoms with Crippen LogP contribution in [0.25, 0.3) is 0 Å². The maximum absolute atomic E-state index is 12.8. The average Bonchev–Trinajstić information content (AvgIpc) is 3.00. The molecule has 1 aliphatic heterocycles. The molecule has 0 spiro atoms. The number of carbonyl (C=O) groups is 4. The largest absolute Gasteiger partial charge is 0.478 e. The van der Waals surface area contributed by atoms with Crippen LogP contribution >= 0.6 is 0 Å². The summed E-state index contributed by atoms with van der Waals surface area (Å²) in [6.07, 6.45) is 4.94. The van der Waals surface area contributed by atoms with Crippen molar-refractivity contribution in [1.29, 1.82) is 0 Å². The van der Waals surface area contributed by atoms with Crippen molar-refractivity contribution in [1.82, 2.24) is 0 Å². The standard InChI is InChI=1S/C23H20N2O5/c1-13-9-10-15(23(29)30)12-19(13)24-20(26)14-5-4-6-16(11-14)25-21(27)17-7-2-3-8-18(17)22(25)28/h2-6,9-12,17-18H,7-8H2,1H3,(H,24,26)(H,29,30)/t17-,18-/m0/s1. The maximum atomic E-state index is 12.8. The first kappa shape index (κ1) is 19.6. The van der Waals surface area contributed by atoms with Crippen molar-refractivity contribution in [2.24, 2.45) is 11.8 Å². The fourth-order valence-electron chi connectivity index (χ4n) is 3.93. The molecule has 1 fully saturated rings. The number of imide groups is 1. The van der Waals surface area contributed by atoms with E-state index < -0.39 is 11.9 Å². The Morgan fingerprint density at radius 2 is 1.63 bits per heavy atom. The van der Waals surface area contributed by atoms with Crippen molar-refractivity contribution >= 4 is 35.1 Å². The molecule has 0 bridgehead atoms. The van der Waals surface area contributed by atoms with Crippen LogP contribution in [-0.4, -0.2) is 28.8 Å². The van der Waals surface area contributed by atoms with Crippen molar-refractivity contribution in [3.05, 3.63) is 71.3 Å². The molecule has 7 heteroatoms. The number of aromatic carboxylic acids is 1. The second kappa shape index (κ2) is 7.59. The normalized spacial score (nSPS) is 20.2. The minimum absolute atomic E-state index is 0.0640. The third kappa shape index (κ3) is 3.39. The van der Waals surface area contributed by atoms with E-state index in [2.05, 4.69) is 5.32 Å². The third-order valence-corrected chi connectivity index (χ3v) is 5.61. The number of fused-ring (bicyclic) bond motifs is 1. The third-order valence-electron chi connectivity index (χ3n) is 5.61. The number of aryl methyl sites for hydroxylation is 1. The van der Waals surface area contributed by atoms with Crippen molar-refractivity contribution in [3.8, 4) is 0 Å². The summed E-state index contributed by atoms with van der Waals surface area (Å²) in [5.41, 5.74) is 1.79. The van der Waals surface area contributed by atoms with E-state index in [0.717, 1.165) is 0 Å². The summed E-state index contributed by atoms with van der Waals surface area (Å²) in [6.45, 7) is 1.76. The van der Waals surface area contributed by atoms with Gasteiger partial charge in [-0.15, -0.1) is 0 Å². The van der Waals surface area contributed by atoms with Gasteiger partial charge in [0.15, 0.2) is 0 Å². The highest BCUT2D eigenvalue weighted by atomic mass is 16.4. The molecule has 7 nitrogen and oxygen atoms in total. The highest BCUT2D eigenvalue weighted by Gasteiger charge is 2.47. The first-order valence-corrected chi connectivity index (χ1v) is 9.65. The number of nitrogens with one attached hydrogen (secondary N) is 1. The van der Waals surface area contributed by atoms with Crippen LogP contribution in [0.3, 0.4) is 0 Å². The number of allylic oxidation sites excluding steroid dienone is 2. The van der Waals surface area contributed by atoms with Crippen LogP contribution in [0, 0.1) is 18.8 Å². The number of anilines is 2. The summed E-state index contributed by atoms with van der Waals surface area (Å²) in [5, 5.41) is 11.9. The minimum atomic E-state index is -1.09. The topological polar surface area (TPSA) is 104 Å². The molecule has 2 aromatic rings. The number of benzene rings is 2. The van der Waals surface area contributed by atoms with Crippen LogP contribution in [0.1, 0.15) is 39.1 Å². The van der Waals surface area contributed by atoms with E-state index >= 15 is 0 Å². The van der Waals surface area contributed by atoms with Gasteiger partial charge < -0.3 is 10.4 Å². The van der Waals surface area contributed by atoms with E-state index in [1.165, 1.54) is 23.1 Å². The number of carboxylic acids is 1. The summed E-state index contributed by atoms with van der Waals surface area (Å²) in [4.78, 5) is 50.7. The van der Waals surface area contributed by atoms with Crippen LogP contribution in [0.15, 0.2) is 54.6 Å². The fraction of sp³-hybridized carbons (Fsp3) is 0.217. The van der Waals surface area contributed by atoms with Gasteiger partial charge in [-0.25, -0.2) is 4.79 Å². The van der Waals surface area contributed by atoms with Gasteiger partial charge in [-0.2, -0.15) is 0 Å². The Morgan fingerprint density at radius 3 is 2.27 bits per heavy atom. The average molecular weight is 404 g/mol. The summed E-state index contributed by atoms with van der Waals surface area (Å²) in [6, 6.07) is 10.8. The second-order valence-electron chi connectivity index (χ2n) is 7.51. The van der Waals surface area contributed by atoms with Crippen molar-refractivity contribution in [2.75, 3.05) is 10.2 Å². The van der Waals surface area contributed by atoms with Crippen LogP contribution in [0.2, 0.25) is 0 Å². The first-order chi connectivity index (χ1) is 14.4. The predicted octanol–water partition coefficient (Wildman–Crippen LogP) is 3.40. The summed E-state index contributed by atoms with van der Waals surface area (Å²) in [7, 11) is 0. The maximum Gasteiger partial charge on any atom is 0.335 e. The molecule has 2 aliphatic rings. The highest BCUT2D eigenvalue weighted by molar-refractivity contribution is 6.22. The monoisotopic (exact) mass is 404 g/mol. The van der Waals surface area contributed by atoms with Crippen molar-refractivity contribution in [2.45, 2.75) is 19.8 Å². The molecular formula is C23H20N2O5. The van der Waals surface area contributed by atoms with E-state index in [9.17, 15) is 19.2 Å². The molecule has 2 atom stereocenters. The van der Waals surface area contributed by atoms with Gasteiger partial charge in [0.2, 0.25) is 11.8 Å². The zero-order valence-electron chi connectivity index (χ0n) is 16.3. The Kier molecular flexibility index (Phi) is 4.95. The Morgan fingerprint density at radius 1 is 0.967 bits per heavy atom. The van der Waals surface area contributed by atoms with Gasteiger partial charge in [0.1, 0.15) is 0 Å². The number of rotatable bonds is 4. The Balaban J connectivity index is 1.59. The summed E-state index contributed by atoms with van der Waals surface area (Å²) >= 11 is 0.